The minimum atomic E-state index is -0.281. The summed E-state index contributed by atoms with van der Waals surface area (Å²) >= 11 is 0. The SMILES string of the molecule is N#CC[C@@H]1CCC[C@@]23CCC[C@@H]2[C@H](C#N)ON13. The maximum absolute atomic E-state index is 9.21. The van der Waals surface area contributed by atoms with Crippen LogP contribution >= 0.6 is 0 Å². The molecule has 17 heavy (non-hydrogen) atoms. The Balaban J connectivity index is 1.92. The van der Waals surface area contributed by atoms with Crippen LogP contribution in [0.1, 0.15) is 44.9 Å². The van der Waals surface area contributed by atoms with Gasteiger partial charge in [-0.25, -0.2) is 0 Å². The zero-order valence-corrected chi connectivity index (χ0v) is 9.93. The summed E-state index contributed by atoms with van der Waals surface area (Å²) in [5, 5.41) is 20.2. The zero-order valence-electron chi connectivity index (χ0n) is 9.93. The minimum absolute atomic E-state index is 0.0835. The maximum Gasteiger partial charge on any atom is 0.170 e. The van der Waals surface area contributed by atoms with Gasteiger partial charge < -0.3 is 0 Å². The van der Waals surface area contributed by atoms with Crippen LogP contribution in [0.25, 0.3) is 0 Å². The fourth-order valence-electron chi connectivity index (χ4n) is 4.12. The first-order valence-electron chi connectivity index (χ1n) is 6.54. The van der Waals surface area contributed by atoms with E-state index in [9.17, 15) is 5.26 Å². The molecule has 4 heteroatoms. The average molecular weight is 231 g/mol. The molecule has 4 nitrogen and oxygen atoms in total. The number of hydroxylamine groups is 2. The van der Waals surface area contributed by atoms with Crippen molar-refractivity contribution in [1.82, 2.24) is 5.06 Å². The Morgan fingerprint density at radius 3 is 2.71 bits per heavy atom. The monoisotopic (exact) mass is 231 g/mol. The second kappa shape index (κ2) is 3.98. The second-order valence-corrected chi connectivity index (χ2v) is 5.49. The Labute approximate surface area is 102 Å². The smallest absolute Gasteiger partial charge is 0.170 e. The number of hydrogen-bond donors (Lipinski definition) is 0. The Bertz CT molecular complexity index is 396. The van der Waals surface area contributed by atoms with Crippen molar-refractivity contribution in [3.63, 3.8) is 0 Å². The first-order valence-corrected chi connectivity index (χ1v) is 6.54. The summed E-state index contributed by atoms with van der Waals surface area (Å²) in [4.78, 5) is 5.86. The highest BCUT2D eigenvalue weighted by molar-refractivity contribution is 5.13. The van der Waals surface area contributed by atoms with Crippen LogP contribution in [0, 0.1) is 28.6 Å². The molecule has 3 aliphatic rings. The number of nitrogens with zero attached hydrogens (tertiary/aromatic N) is 3. The normalized spacial score (nSPS) is 44.7. The molecular weight excluding hydrogens is 214 g/mol. The molecule has 0 aromatic rings. The Kier molecular flexibility index (Phi) is 2.58. The Hall–Kier alpha value is -1.10. The average Bonchev–Trinajstić information content (AvgIpc) is 2.85. The lowest BCUT2D eigenvalue weighted by Crippen LogP contribution is -2.52. The third kappa shape index (κ3) is 1.41. The van der Waals surface area contributed by atoms with Gasteiger partial charge in [-0.2, -0.15) is 15.6 Å². The van der Waals surface area contributed by atoms with Gasteiger partial charge >= 0.3 is 0 Å². The van der Waals surface area contributed by atoms with Crippen LogP contribution in [0.15, 0.2) is 0 Å². The molecule has 2 saturated heterocycles. The van der Waals surface area contributed by atoms with Crippen LogP contribution in [0.5, 0.6) is 0 Å². The lowest BCUT2D eigenvalue weighted by atomic mass is 9.76. The lowest BCUT2D eigenvalue weighted by molar-refractivity contribution is -0.219. The van der Waals surface area contributed by atoms with E-state index in [0.29, 0.717) is 12.3 Å². The van der Waals surface area contributed by atoms with Crippen LogP contribution < -0.4 is 0 Å². The molecule has 1 aliphatic carbocycles. The second-order valence-electron chi connectivity index (χ2n) is 5.49. The van der Waals surface area contributed by atoms with Gasteiger partial charge in [0, 0.05) is 12.0 Å². The molecule has 4 atom stereocenters. The minimum Gasteiger partial charge on any atom is -0.279 e. The summed E-state index contributed by atoms with van der Waals surface area (Å²) in [5.41, 5.74) is 0.0835. The first kappa shape index (κ1) is 11.0. The van der Waals surface area contributed by atoms with Crippen LogP contribution in [-0.2, 0) is 4.84 Å². The van der Waals surface area contributed by atoms with Crippen LogP contribution in [0.4, 0.5) is 0 Å². The molecule has 0 bridgehead atoms. The van der Waals surface area contributed by atoms with E-state index in [1.807, 2.05) is 0 Å². The van der Waals surface area contributed by atoms with E-state index in [4.69, 9.17) is 10.1 Å². The number of rotatable bonds is 1. The highest BCUT2D eigenvalue weighted by Crippen LogP contribution is 2.54. The quantitative estimate of drug-likeness (QED) is 0.693. The number of nitriles is 2. The summed E-state index contributed by atoms with van der Waals surface area (Å²) in [6.45, 7) is 0. The Morgan fingerprint density at radius 2 is 2.00 bits per heavy atom. The molecule has 0 aromatic carbocycles. The van der Waals surface area contributed by atoms with E-state index in [0.717, 1.165) is 25.7 Å². The van der Waals surface area contributed by atoms with Crippen molar-refractivity contribution in [3.8, 4) is 12.1 Å². The third-order valence-corrected chi connectivity index (χ3v) is 4.78. The van der Waals surface area contributed by atoms with E-state index in [1.54, 1.807) is 0 Å². The fourth-order valence-corrected chi connectivity index (χ4v) is 4.12. The van der Waals surface area contributed by atoms with E-state index in [-0.39, 0.29) is 17.7 Å². The fraction of sp³-hybridized carbons (Fsp3) is 0.846. The topological polar surface area (TPSA) is 60.1 Å². The zero-order chi connectivity index (χ0) is 11.9. The molecule has 0 N–H and O–H groups in total. The van der Waals surface area contributed by atoms with Crippen LogP contribution in [0.2, 0.25) is 0 Å². The molecule has 0 radical (unpaired) electrons. The highest BCUT2D eigenvalue weighted by Gasteiger charge is 2.60. The van der Waals surface area contributed by atoms with Gasteiger partial charge in [0.15, 0.2) is 6.10 Å². The van der Waals surface area contributed by atoms with Gasteiger partial charge in [-0.1, -0.05) is 6.42 Å². The molecule has 2 heterocycles. The third-order valence-electron chi connectivity index (χ3n) is 4.78. The van der Waals surface area contributed by atoms with Gasteiger partial charge in [0.05, 0.1) is 24.1 Å². The van der Waals surface area contributed by atoms with Crippen molar-refractivity contribution in [2.45, 2.75) is 62.6 Å². The molecule has 1 saturated carbocycles. The highest BCUT2D eigenvalue weighted by atomic mass is 16.7. The van der Waals surface area contributed by atoms with Crippen molar-refractivity contribution in [1.29, 1.82) is 10.5 Å². The van der Waals surface area contributed by atoms with Crippen molar-refractivity contribution in [2.75, 3.05) is 0 Å². The maximum atomic E-state index is 9.21. The molecule has 0 aromatic heterocycles. The van der Waals surface area contributed by atoms with Crippen molar-refractivity contribution < 1.29 is 4.84 Å². The van der Waals surface area contributed by atoms with Gasteiger partial charge in [-0.15, -0.1) is 0 Å². The van der Waals surface area contributed by atoms with Crippen molar-refractivity contribution in [3.05, 3.63) is 0 Å². The molecule has 3 fully saturated rings. The van der Waals surface area contributed by atoms with Gasteiger partial charge in [0.2, 0.25) is 0 Å². The van der Waals surface area contributed by atoms with E-state index >= 15 is 0 Å². The number of piperidine rings is 1. The summed E-state index contributed by atoms with van der Waals surface area (Å²) in [7, 11) is 0. The summed E-state index contributed by atoms with van der Waals surface area (Å²) < 4.78 is 0. The van der Waals surface area contributed by atoms with E-state index in [1.165, 1.54) is 12.8 Å². The molecule has 0 amide bonds. The predicted molar refractivity (Wildman–Crippen MR) is 60.3 cm³/mol. The van der Waals surface area contributed by atoms with Gasteiger partial charge in [0.1, 0.15) is 0 Å². The first-order chi connectivity index (χ1) is 8.31. The molecular formula is C13H17N3O. The van der Waals surface area contributed by atoms with Gasteiger partial charge in [-0.05, 0) is 32.1 Å². The Morgan fingerprint density at radius 1 is 1.24 bits per heavy atom. The van der Waals surface area contributed by atoms with Crippen molar-refractivity contribution in [2.24, 2.45) is 5.92 Å². The standard InChI is InChI=1S/C13H17N3O/c14-8-5-10-3-1-6-13-7-2-4-11(13)12(9-15)17-16(10)13/h10-12H,1-7H2/t10-,11+,12-,13+/m0/s1. The van der Waals surface area contributed by atoms with Crippen molar-refractivity contribution >= 4 is 0 Å². The van der Waals surface area contributed by atoms with Crippen LogP contribution in [-0.4, -0.2) is 22.7 Å². The lowest BCUT2D eigenvalue weighted by Gasteiger charge is -2.44. The summed E-state index contributed by atoms with van der Waals surface area (Å²) in [6, 6.07) is 4.76. The van der Waals surface area contributed by atoms with Gasteiger partial charge in [0.25, 0.3) is 0 Å². The molecule has 1 spiro atoms. The van der Waals surface area contributed by atoms with E-state index < -0.39 is 0 Å². The summed E-state index contributed by atoms with van der Waals surface area (Å²) in [5.74, 6) is 0.369. The van der Waals surface area contributed by atoms with Gasteiger partial charge in [-0.3, -0.25) is 4.84 Å². The molecule has 2 aliphatic heterocycles. The molecule has 90 valence electrons. The van der Waals surface area contributed by atoms with Crippen LogP contribution in [0.3, 0.4) is 0 Å². The molecule has 0 unspecified atom stereocenters. The number of hydrogen-bond acceptors (Lipinski definition) is 4. The van der Waals surface area contributed by atoms with E-state index in [2.05, 4.69) is 17.2 Å². The molecule has 3 rings (SSSR count). The predicted octanol–water partition coefficient (Wildman–Crippen LogP) is 2.13. The summed E-state index contributed by atoms with van der Waals surface area (Å²) in [6.07, 6.45) is 7.01. The largest absolute Gasteiger partial charge is 0.279 e.